The highest BCUT2D eigenvalue weighted by Crippen LogP contribution is 2.51. The van der Waals surface area contributed by atoms with Gasteiger partial charge in [0.05, 0.1) is 16.7 Å². The number of amides is 1. The summed E-state index contributed by atoms with van der Waals surface area (Å²) in [6.07, 6.45) is 3.32. The summed E-state index contributed by atoms with van der Waals surface area (Å²) in [5.41, 5.74) is 0.751. The fraction of sp³-hybridized carbons (Fsp3) is 0.500. The Morgan fingerprint density at radius 1 is 1.18 bits per heavy atom. The van der Waals surface area contributed by atoms with Gasteiger partial charge in [-0.05, 0) is 67.7 Å². The summed E-state index contributed by atoms with van der Waals surface area (Å²) in [6.45, 7) is 2.07. The molecule has 1 amide bonds. The fourth-order valence-electron chi connectivity index (χ4n) is 5.16. The Bertz CT molecular complexity index is 1050. The zero-order valence-corrected chi connectivity index (χ0v) is 18.9. The minimum absolute atomic E-state index is 0.0540. The third kappa shape index (κ3) is 4.61. The number of anilines is 1. The summed E-state index contributed by atoms with van der Waals surface area (Å²) in [5.74, 6) is 2.81. The molecule has 0 spiro atoms. The van der Waals surface area contributed by atoms with Crippen molar-refractivity contribution in [1.29, 1.82) is 5.26 Å². The van der Waals surface area contributed by atoms with Crippen LogP contribution >= 0.6 is 11.6 Å². The first-order chi connectivity index (χ1) is 16.1. The number of fused-ring (bicyclic) bond motifs is 1. The van der Waals surface area contributed by atoms with Crippen LogP contribution < -0.4 is 15.0 Å². The maximum Gasteiger partial charge on any atom is 0.272 e. The first-order valence-electron chi connectivity index (χ1n) is 11.4. The highest BCUT2D eigenvalue weighted by molar-refractivity contribution is 6.31. The van der Waals surface area contributed by atoms with E-state index in [9.17, 15) is 9.90 Å². The van der Waals surface area contributed by atoms with Crippen LogP contribution in [0.3, 0.4) is 0 Å². The molecule has 8 nitrogen and oxygen atoms in total. The topological polar surface area (TPSA) is 111 Å². The van der Waals surface area contributed by atoms with E-state index in [0.29, 0.717) is 39.8 Å². The number of rotatable bonds is 6. The van der Waals surface area contributed by atoms with E-state index >= 15 is 0 Å². The van der Waals surface area contributed by atoms with Crippen molar-refractivity contribution >= 4 is 23.3 Å². The van der Waals surface area contributed by atoms with E-state index in [1.54, 1.807) is 24.3 Å². The number of hydrogen-bond donors (Lipinski definition) is 2. The molecule has 1 aromatic carbocycles. The SMILES string of the molecule is N#Cc1ccc(OC2CCC(NC(=O)c3ccc(N4CC5C(CO)C5C4)nn3)CC2)cc1Cl. The van der Waals surface area contributed by atoms with Crippen LogP contribution in [0.1, 0.15) is 41.7 Å². The molecule has 0 radical (unpaired) electrons. The molecule has 1 aliphatic heterocycles. The number of nitrogens with one attached hydrogen (secondary N) is 1. The second kappa shape index (κ2) is 9.16. The van der Waals surface area contributed by atoms with E-state index in [1.807, 2.05) is 12.1 Å². The Labute approximate surface area is 197 Å². The minimum atomic E-state index is -0.207. The third-order valence-corrected chi connectivity index (χ3v) is 7.48. The number of nitriles is 1. The van der Waals surface area contributed by atoms with Crippen molar-refractivity contribution in [2.24, 2.45) is 17.8 Å². The molecule has 2 atom stereocenters. The van der Waals surface area contributed by atoms with E-state index in [-0.39, 0.29) is 24.7 Å². The molecule has 1 saturated heterocycles. The van der Waals surface area contributed by atoms with Gasteiger partial charge >= 0.3 is 0 Å². The zero-order chi connectivity index (χ0) is 22.9. The minimum Gasteiger partial charge on any atom is -0.490 e. The lowest BCUT2D eigenvalue weighted by atomic mass is 9.93. The second-order valence-corrected chi connectivity index (χ2v) is 9.58. The van der Waals surface area contributed by atoms with E-state index in [1.165, 1.54) is 0 Å². The molecule has 2 heterocycles. The number of piperidine rings is 1. The second-order valence-electron chi connectivity index (χ2n) is 9.17. The lowest BCUT2D eigenvalue weighted by Gasteiger charge is -2.29. The zero-order valence-electron chi connectivity index (χ0n) is 18.2. The molecular weight excluding hydrogens is 442 g/mol. The van der Waals surface area contributed by atoms with Crippen molar-refractivity contribution in [1.82, 2.24) is 15.5 Å². The van der Waals surface area contributed by atoms with Gasteiger partial charge in [0.2, 0.25) is 0 Å². The van der Waals surface area contributed by atoms with Crippen LogP contribution in [-0.4, -0.2) is 53.1 Å². The number of aromatic nitrogens is 2. The van der Waals surface area contributed by atoms with Crippen LogP contribution in [-0.2, 0) is 0 Å². The summed E-state index contributed by atoms with van der Waals surface area (Å²) in [5, 5.41) is 30.1. The van der Waals surface area contributed by atoms with Gasteiger partial charge in [-0.1, -0.05) is 11.6 Å². The molecule has 3 fully saturated rings. The van der Waals surface area contributed by atoms with E-state index in [0.717, 1.165) is 44.6 Å². The monoisotopic (exact) mass is 467 g/mol. The van der Waals surface area contributed by atoms with E-state index < -0.39 is 0 Å². The van der Waals surface area contributed by atoms with E-state index in [4.69, 9.17) is 21.6 Å². The molecule has 0 bridgehead atoms. The van der Waals surface area contributed by atoms with Gasteiger partial charge in [-0.25, -0.2) is 0 Å². The van der Waals surface area contributed by atoms with Gasteiger partial charge in [0.1, 0.15) is 11.8 Å². The van der Waals surface area contributed by atoms with Crippen molar-refractivity contribution in [3.63, 3.8) is 0 Å². The van der Waals surface area contributed by atoms with Gasteiger partial charge in [0, 0.05) is 31.8 Å². The average molecular weight is 468 g/mol. The highest BCUT2D eigenvalue weighted by atomic mass is 35.5. The first kappa shape index (κ1) is 21.9. The summed E-state index contributed by atoms with van der Waals surface area (Å²) < 4.78 is 6.01. The summed E-state index contributed by atoms with van der Waals surface area (Å²) in [7, 11) is 0. The molecule has 9 heteroatoms. The Morgan fingerprint density at radius 2 is 1.94 bits per heavy atom. The van der Waals surface area contributed by atoms with Crippen LogP contribution in [0.25, 0.3) is 0 Å². The largest absolute Gasteiger partial charge is 0.490 e. The van der Waals surface area contributed by atoms with Gasteiger partial charge in [0.15, 0.2) is 11.5 Å². The van der Waals surface area contributed by atoms with Gasteiger partial charge < -0.3 is 20.1 Å². The number of hydrogen-bond acceptors (Lipinski definition) is 7. The molecule has 3 aliphatic rings. The van der Waals surface area contributed by atoms with Crippen molar-refractivity contribution in [3.05, 3.63) is 46.6 Å². The van der Waals surface area contributed by atoms with Crippen molar-refractivity contribution in [2.45, 2.75) is 37.8 Å². The average Bonchev–Trinajstić information content (AvgIpc) is 3.30. The number of ether oxygens (including phenoxy) is 1. The predicted molar refractivity (Wildman–Crippen MR) is 122 cm³/mol. The van der Waals surface area contributed by atoms with Gasteiger partial charge in [-0.3, -0.25) is 4.79 Å². The van der Waals surface area contributed by atoms with Crippen molar-refractivity contribution in [2.75, 3.05) is 24.6 Å². The lowest BCUT2D eigenvalue weighted by Crippen LogP contribution is -2.40. The summed E-state index contributed by atoms with van der Waals surface area (Å²) in [4.78, 5) is 14.8. The molecule has 2 aliphatic carbocycles. The standard InChI is InChI=1S/C24H26ClN5O3/c25-21-9-17(4-1-14(21)10-26)33-16-5-2-15(3-6-16)27-24(32)22-7-8-23(29-28-22)30-11-18-19(12-30)20(18)13-31/h1,4,7-9,15-16,18-20,31H,2-3,5-6,11-13H2,(H,27,32). The molecule has 2 aromatic rings. The number of aliphatic hydroxyl groups excluding tert-OH is 1. The number of benzene rings is 1. The van der Waals surface area contributed by atoms with Crippen molar-refractivity contribution < 1.29 is 14.6 Å². The number of carbonyl (C=O) groups excluding carboxylic acids is 1. The van der Waals surface area contributed by atoms with Gasteiger partial charge in [-0.15, -0.1) is 10.2 Å². The Morgan fingerprint density at radius 3 is 2.55 bits per heavy atom. The molecule has 2 unspecified atom stereocenters. The van der Waals surface area contributed by atoms with Crippen LogP contribution in [0.15, 0.2) is 30.3 Å². The van der Waals surface area contributed by atoms with Crippen LogP contribution in [0.2, 0.25) is 5.02 Å². The summed E-state index contributed by atoms with van der Waals surface area (Å²) >= 11 is 6.08. The molecule has 5 rings (SSSR count). The Hall–Kier alpha value is -2.89. The smallest absolute Gasteiger partial charge is 0.272 e. The van der Waals surface area contributed by atoms with Crippen LogP contribution in [0.5, 0.6) is 5.75 Å². The molecule has 1 aromatic heterocycles. The Kier molecular flexibility index (Phi) is 6.09. The highest BCUT2D eigenvalue weighted by Gasteiger charge is 2.55. The maximum absolute atomic E-state index is 12.6. The number of aliphatic hydroxyl groups is 1. The lowest BCUT2D eigenvalue weighted by molar-refractivity contribution is 0.0888. The molecule has 2 N–H and O–H groups in total. The normalized spacial score (nSPS) is 28.0. The number of nitrogens with zero attached hydrogens (tertiary/aromatic N) is 4. The number of halogens is 1. The van der Waals surface area contributed by atoms with Crippen LogP contribution in [0, 0.1) is 29.1 Å². The van der Waals surface area contributed by atoms with Crippen LogP contribution in [0.4, 0.5) is 5.82 Å². The van der Waals surface area contributed by atoms with Crippen molar-refractivity contribution in [3.8, 4) is 11.8 Å². The molecule has 172 valence electrons. The fourth-order valence-corrected chi connectivity index (χ4v) is 5.37. The van der Waals surface area contributed by atoms with Gasteiger partial charge in [-0.2, -0.15) is 5.26 Å². The predicted octanol–water partition coefficient (Wildman–Crippen LogP) is 2.80. The first-order valence-corrected chi connectivity index (χ1v) is 11.8. The Balaban J connectivity index is 1.08. The van der Waals surface area contributed by atoms with E-state index in [2.05, 4.69) is 20.4 Å². The number of carbonyl (C=O) groups is 1. The third-order valence-electron chi connectivity index (χ3n) is 7.16. The molecule has 33 heavy (non-hydrogen) atoms. The molecular formula is C24H26ClN5O3. The summed E-state index contributed by atoms with van der Waals surface area (Å²) in [6, 6.07) is 10.8. The van der Waals surface area contributed by atoms with Gasteiger partial charge in [0.25, 0.3) is 5.91 Å². The quantitative estimate of drug-likeness (QED) is 0.671. The molecule has 2 saturated carbocycles. The maximum atomic E-state index is 12.6.